The van der Waals surface area contributed by atoms with Crippen LogP contribution in [0.25, 0.3) is 0 Å². The maximum absolute atomic E-state index is 6.21. The summed E-state index contributed by atoms with van der Waals surface area (Å²) < 4.78 is 1.15. The van der Waals surface area contributed by atoms with Gasteiger partial charge in [-0.2, -0.15) is 0 Å². The minimum Gasteiger partial charge on any atom is -0.379 e. The number of hydrogen-bond acceptors (Lipinski definition) is 2. The van der Waals surface area contributed by atoms with Gasteiger partial charge in [-0.3, -0.25) is 0 Å². The summed E-state index contributed by atoms with van der Waals surface area (Å²) >= 11 is 10.3. The Bertz CT molecular complexity index is 572. The molecule has 1 heterocycles. The van der Waals surface area contributed by atoms with E-state index >= 15 is 0 Å². The van der Waals surface area contributed by atoms with Crippen LogP contribution < -0.4 is 5.32 Å². The molecule has 0 fully saturated rings. The van der Waals surface area contributed by atoms with E-state index in [9.17, 15) is 0 Å². The van der Waals surface area contributed by atoms with Crippen molar-refractivity contribution in [2.75, 3.05) is 5.32 Å². The summed E-state index contributed by atoms with van der Waals surface area (Å²) in [5.74, 6) is 0. The minimum atomic E-state index is 0.226. The zero-order valence-corrected chi connectivity index (χ0v) is 15.0. The van der Waals surface area contributed by atoms with Crippen LogP contribution in [0, 0.1) is 3.57 Å². The van der Waals surface area contributed by atoms with Gasteiger partial charge in [-0.15, -0.1) is 11.3 Å². The molecule has 0 aliphatic carbocycles. The molecule has 2 rings (SSSR count). The van der Waals surface area contributed by atoms with Crippen LogP contribution in [-0.2, 0) is 12.0 Å². The second kappa shape index (κ2) is 6.02. The van der Waals surface area contributed by atoms with Gasteiger partial charge in [0.25, 0.3) is 0 Å². The van der Waals surface area contributed by atoms with Crippen molar-refractivity contribution in [3.8, 4) is 0 Å². The Labute approximate surface area is 137 Å². The van der Waals surface area contributed by atoms with Crippen molar-refractivity contribution in [3.63, 3.8) is 0 Å². The molecule has 0 atom stereocenters. The zero-order valence-electron chi connectivity index (χ0n) is 11.3. The van der Waals surface area contributed by atoms with Crippen molar-refractivity contribution in [2.24, 2.45) is 0 Å². The van der Waals surface area contributed by atoms with Gasteiger partial charge in [0.05, 0.1) is 10.7 Å². The van der Waals surface area contributed by atoms with Crippen molar-refractivity contribution in [1.82, 2.24) is 0 Å². The summed E-state index contributed by atoms with van der Waals surface area (Å²) in [6.45, 7) is 7.55. The number of anilines is 1. The molecular formula is C15H17ClINS. The van der Waals surface area contributed by atoms with Crippen molar-refractivity contribution in [3.05, 3.63) is 48.7 Å². The predicted octanol–water partition coefficient (Wildman–Crippen LogP) is 5.92. The first kappa shape index (κ1) is 15.1. The molecule has 19 heavy (non-hydrogen) atoms. The summed E-state index contributed by atoms with van der Waals surface area (Å²) in [5, 5.41) is 4.17. The average Bonchev–Trinajstić information content (AvgIpc) is 2.76. The van der Waals surface area contributed by atoms with Crippen molar-refractivity contribution in [1.29, 1.82) is 0 Å². The Morgan fingerprint density at radius 2 is 1.95 bits per heavy atom. The minimum absolute atomic E-state index is 0.226. The Kier molecular flexibility index (Phi) is 4.79. The number of nitrogens with one attached hydrogen (secondary N) is 1. The lowest BCUT2D eigenvalue weighted by atomic mass is 9.95. The Balaban J connectivity index is 2.04. The summed E-state index contributed by atoms with van der Waals surface area (Å²) in [6, 6.07) is 10.5. The lowest BCUT2D eigenvalue weighted by Gasteiger charge is -2.15. The van der Waals surface area contributed by atoms with E-state index in [1.165, 1.54) is 9.75 Å². The Morgan fingerprint density at radius 1 is 1.21 bits per heavy atom. The fourth-order valence-corrected chi connectivity index (χ4v) is 3.62. The second-order valence-corrected chi connectivity index (χ2v) is 8.31. The molecule has 2 aromatic rings. The van der Waals surface area contributed by atoms with Gasteiger partial charge in [0, 0.05) is 19.9 Å². The number of thiophene rings is 1. The van der Waals surface area contributed by atoms with Crippen LogP contribution in [0.3, 0.4) is 0 Å². The maximum atomic E-state index is 6.21. The molecule has 0 unspecified atom stereocenters. The van der Waals surface area contributed by atoms with Crippen molar-refractivity contribution < 1.29 is 0 Å². The first-order chi connectivity index (χ1) is 8.86. The zero-order chi connectivity index (χ0) is 14.0. The Hall–Kier alpha value is -0.260. The van der Waals surface area contributed by atoms with E-state index < -0.39 is 0 Å². The molecule has 1 aromatic carbocycles. The van der Waals surface area contributed by atoms with Gasteiger partial charge < -0.3 is 5.32 Å². The molecule has 102 valence electrons. The highest BCUT2D eigenvalue weighted by Gasteiger charge is 2.15. The van der Waals surface area contributed by atoms with Crippen LogP contribution in [0.2, 0.25) is 5.02 Å². The summed E-state index contributed by atoms with van der Waals surface area (Å²) in [4.78, 5) is 2.75. The first-order valence-corrected chi connectivity index (χ1v) is 8.42. The van der Waals surface area contributed by atoms with Crippen LogP contribution in [-0.4, -0.2) is 0 Å². The number of halogens is 2. The number of rotatable bonds is 3. The SMILES string of the molecule is CC(C)(C)c1ccc(CNc2ccc(I)cc2Cl)s1. The van der Waals surface area contributed by atoms with E-state index in [4.69, 9.17) is 11.6 Å². The quantitative estimate of drug-likeness (QED) is 0.625. The van der Waals surface area contributed by atoms with E-state index in [2.05, 4.69) is 66.9 Å². The number of hydrogen-bond donors (Lipinski definition) is 1. The Morgan fingerprint density at radius 3 is 2.53 bits per heavy atom. The first-order valence-electron chi connectivity index (χ1n) is 6.14. The third kappa shape index (κ3) is 4.10. The van der Waals surface area contributed by atoms with Crippen molar-refractivity contribution in [2.45, 2.75) is 32.7 Å². The molecule has 0 aliphatic rings. The highest BCUT2D eigenvalue weighted by atomic mass is 127. The van der Waals surface area contributed by atoms with Gasteiger partial charge >= 0.3 is 0 Å². The van der Waals surface area contributed by atoms with Crippen LogP contribution in [0.5, 0.6) is 0 Å². The van der Waals surface area contributed by atoms with Gasteiger partial charge in [-0.1, -0.05) is 32.4 Å². The van der Waals surface area contributed by atoms with Gasteiger partial charge in [0.2, 0.25) is 0 Å². The lowest BCUT2D eigenvalue weighted by Crippen LogP contribution is -2.07. The van der Waals surface area contributed by atoms with E-state index in [0.717, 1.165) is 20.8 Å². The summed E-state index contributed by atoms with van der Waals surface area (Å²) in [7, 11) is 0. The third-order valence-electron chi connectivity index (χ3n) is 2.79. The third-order valence-corrected chi connectivity index (χ3v) is 5.28. The fraction of sp³-hybridized carbons (Fsp3) is 0.333. The molecule has 0 amide bonds. The monoisotopic (exact) mass is 405 g/mol. The van der Waals surface area contributed by atoms with E-state index in [1.54, 1.807) is 0 Å². The molecule has 0 saturated heterocycles. The van der Waals surface area contributed by atoms with E-state index in [0.29, 0.717) is 0 Å². The summed E-state index contributed by atoms with van der Waals surface area (Å²) in [6.07, 6.45) is 0. The average molecular weight is 406 g/mol. The highest BCUT2D eigenvalue weighted by Crippen LogP contribution is 2.30. The topological polar surface area (TPSA) is 12.0 Å². The van der Waals surface area contributed by atoms with Gasteiger partial charge in [0.1, 0.15) is 0 Å². The van der Waals surface area contributed by atoms with Crippen LogP contribution in [0.1, 0.15) is 30.5 Å². The predicted molar refractivity (Wildman–Crippen MR) is 94.5 cm³/mol. The lowest BCUT2D eigenvalue weighted by molar-refractivity contribution is 0.604. The van der Waals surface area contributed by atoms with Gasteiger partial charge in [-0.05, 0) is 58.3 Å². The molecule has 1 N–H and O–H groups in total. The largest absolute Gasteiger partial charge is 0.379 e. The van der Waals surface area contributed by atoms with Gasteiger partial charge in [-0.25, -0.2) is 0 Å². The standard InChI is InChI=1S/C15H17ClINS/c1-15(2,3)14-7-5-11(19-14)9-18-13-6-4-10(17)8-12(13)16/h4-8,18H,9H2,1-3H3. The molecule has 0 saturated carbocycles. The molecule has 0 bridgehead atoms. The number of benzene rings is 1. The second-order valence-electron chi connectivity index (χ2n) is 5.49. The van der Waals surface area contributed by atoms with Crippen LogP contribution in [0.15, 0.2) is 30.3 Å². The molecule has 0 radical (unpaired) electrons. The molecule has 0 spiro atoms. The molecule has 4 heteroatoms. The van der Waals surface area contributed by atoms with Crippen molar-refractivity contribution >= 4 is 51.2 Å². The van der Waals surface area contributed by atoms with Crippen LogP contribution in [0.4, 0.5) is 5.69 Å². The summed E-state index contributed by atoms with van der Waals surface area (Å²) in [5.41, 5.74) is 1.22. The highest BCUT2D eigenvalue weighted by molar-refractivity contribution is 14.1. The molecular weight excluding hydrogens is 389 g/mol. The fourth-order valence-electron chi connectivity index (χ4n) is 1.69. The van der Waals surface area contributed by atoms with E-state index in [-0.39, 0.29) is 5.41 Å². The van der Waals surface area contributed by atoms with E-state index in [1.807, 2.05) is 23.5 Å². The molecule has 0 aliphatic heterocycles. The molecule has 1 nitrogen and oxygen atoms in total. The smallest absolute Gasteiger partial charge is 0.0648 e. The molecule has 1 aromatic heterocycles. The maximum Gasteiger partial charge on any atom is 0.0648 e. The van der Waals surface area contributed by atoms with Crippen LogP contribution >= 0.6 is 45.5 Å². The normalized spacial score (nSPS) is 11.6. The van der Waals surface area contributed by atoms with Gasteiger partial charge in [0.15, 0.2) is 0 Å².